The number of hydrogen-bond acceptors (Lipinski definition) is 5. The number of aryl methyl sites for hydroxylation is 1. The number of anilines is 1. The number of amides is 1. The first-order valence-electron chi connectivity index (χ1n) is 9.27. The van der Waals surface area contributed by atoms with Crippen LogP contribution in [-0.4, -0.2) is 22.7 Å². The van der Waals surface area contributed by atoms with Crippen molar-refractivity contribution in [1.29, 1.82) is 0 Å². The number of para-hydroxylation sites is 1. The molecular weight excluding hydrogens is 385 g/mol. The van der Waals surface area contributed by atoms with E-state index in [4.69, 9.17) is 9.26 Å². The molecule has 0 saturated carbocycles. The van der Waals surface area contributed by atoms with Crippen molar-refractivity contribution >= 4 is 11.6 Å². The van der Waals surface area contributed by atoms with E-state index in [1.165, 1.54) is 6.07 Å². The predicted octanol–water partition coefficient (Wildman–Crippen LogP) is 4.87. The lowest BCUT2D eigenvalue weighted by molar-refractivity contribution is -0.118. The molecule has 0 saturated heterocycles. The van der Waals surface area contributed by atoms with Gasteiger partial charge in [-0.3, -0.25) is 4.79 Å². The molecule has 3 aromatic carbocycles. The molecule has 0 aliphatic rings. The topological polar surface area (TPSA) is 77.2 Å². The molecule has 1 N–H and O–H groups in total. The van der Waals surface area contributed by atoms with Crippen molar-refractivity contribution in [2.45, 2.75) is 6.92 Å². The Bertz CT molecular complexity index is 1190. The van der Waals surface area contributed by atoms with Gasteiger partial charge in [0.15, 0.2) is 6.61 Å². The maximum Gasteiger partial charge on any atom is 0.262 e. The Hall–Kier alpha value is -4.00. The van der Waals surface area contributed by atoms with Crippen LogP contribution in [0.4, 0.5) is 10.1 Å². The van der Waals surface area contributed by atoms with E-state index in [1.807, 2.05) is 31.2 Å². The maximum atomic E-state index is 14.0. The number of carbonyl (C=O) groups excluding carboxylic acids is 1. The number of ether oxygens (including phenoxy) is 1. The van der Waals surface area contributed by atoms with Gasteiger partial charge in [0.1, 0.15) is 11.6 Å². The van der Waals surface area contributed by atoms with E-state index in [2.05, 4.69) is 15.5 Å². The summed E-state index contributed by atoms with van der Waals surface area (Å²) in [5.74, 6) is -0.0311. The van der Waals surface area contributed by atoms with Crippen LogP contribution >= 0.6 is 0 Å². The van der Waals surface area contributed by atoms with Gasteiger partial charge in [-0.2, -0.15) is 4.98 Å². The van der Waals surface area contributed by atoms with Crippen LogP contribution in [0.5, 0.6) is 5.75 Å². The first kappa shape index (κ1) is 19.3. The SMILES string of the molecule is Cc1cccc(NC(=O)COc2ccccc2-c2noc(-c3ccccc3F)n2)c1. The van der Waals surface area contributed by atoms with E-state index >= 15 is 0 Å². The Labute approximate surface area is 172 Å². The fraction of sp³-hybridized carbons (Fsp3) is 0.0870. The van der Waals surface area contributed by atoms with Gasteiger partial charge in [0.25, 0.3) is 11.8 Å². The number of hydrogen-bond donors (Lipinski definition) is 1. The highest BCUT2D eigenvalue weighted by molar-refractivity contribution is 5.92. The van der Waals surface area contributed by atoms with Crippen LogP contribution in [0.25, 0.3) is 22.8 Å². The van der Waals surface area contributed by atoms with Crippen LogP contribution in [0.15, 0.2) is 77.3 Å². The zero-order valence-corrected chi connectivity index (χ0v) is 16.1. The summed E-state index contributed by atoms with van der Waals surface area (Å²) in [4.78, 5) is 16.5. The Morgan fingerprint density at radius 3 is 2.60 bits per heavy atom. The summed E-state index contributed by atoms with van der Waals surface area (Å²) in [5.41, 5.74) is 2.49. The normalized spacial score (nSPS) is 10.6. The number of rotatable bonds is 6. The smallest absolute Gasteiger partial charge is 0.262 e. The van der Waals surface area contributed by atoms with Crippen LogP contribution in [0.1, 0.15) is 5.56 Å². The van der Waals surface area contributed by atoms with Gasteiger partial charge in [0.2, 0.25) is 5.82 Å². The molecule has 0 unspecified atom stereocenters. The number of benzene rings is 3. The Morgan fingerprint density at radius 2 is 1.80 bits per heavy atom. The number of carbonyl (C=O) groups is 1. The third-order valence-corrected chi connectivity index (χ3v) is 4.32. The van der Waals surface area contributed by atoms with E-state index in [-0.39, 0.29) is 29.8 Å². The standard InChI is InChI=1S/C23H18FN3O3/c1-15-7-6-8-16(13-15)25-21(28)14-29-20-12-5-3-10-18(20)22-26-23(30-27-22)17-9-2-4-11-19(17)24/h2-13H,14H2,1H3,(H,25,28). The fourth-order valence-corrected chi connectivity index (χ4v) is 2.92. The molecule has 1 heterocycles. The second-order valence-electron chi connectivity index (χ2n) is 6.61. The highest BCUT2D eigenvalue weighted by atomic mass is 19.1. The first-order valence-corrected chi connectivity index (χ1v) is 9.27. The molecule has 1 aromatic heterocycles. The Balaban J connectivity index is 1.49. The predicted molar refractivity (Wildman–Crippen MR) is 110 cm³/mol. The summed E-state index contributed by atoms with van der Waals surface area (Å²) < 4.78 is 24.9. The van der Waals surface area contributed by atoms with Gasteiger partial charge in [-0.15, -0.1) is 0 Å². The monoisotopic (exact) mass is 403 g/mol. The molecular formula is C23H18FN3O3. The van der Waals surface area contributed by atoms with Crippen molar-refractivity contribution in [2.75, 3.05) is 11.9 Å². The highest BCUT2D eigenvalue weighted by Crippen LogP contribution is 2.30. The molecule has 150 valence electrons. The second-order valence-corrected chi connectivity index (χ2v) is 6.61. The Kier molecular flexibility index (Phi) is 5.52. The van der Waals surface area contributed by atoms with Crippen LogP contribution in [0.2, 0.25) is 0 Å². The van der Waals surface area contributed by atoms with E-state index in [0.29, 0.717) is 17.0 Å². The molecule has 7 heteroatoms. The molecule has 0 aliphatic heterocycles. The van der Waals surface area contributed by atoms with Gasteiger partial charge in [-0.25, -0.2) is 4.39 Å². The van der Waals surface area contributed by atoms with Gasteiger partial charge < -0.3 is 14.6 Å². The maximum absolute atomic E-state index is 14.0. The minimum Gasteiger partial charge on any atom is -0.483 e. The van der Waals surface area contributed by atoms with Crippen molar-refractivity contribution in [2.24, 2.45) is 0 Å². The lowest BCUT2D eigenvalue weighted by atomic mass is 10.2. The van der Waals surface area contributed by atoms with Crippen molar-refractivity contribution < 1.29 is 18.4 Å². The van der Waals surface area contributed by atoms with Gasteiger partial charge in [-0.1, -0.05) is 41.6 Å². The number of aromatic nitrogens is 2. The minimum absolute atomic E-state index is 0.0649. The zero-order chi connectivity index (χ0) is 20.9. The van der Waals surface area contributed by atoms with Crippen molar-refractivity contribution in [3.8, 4) is 28.6 Å². The average molecular weight is 403 g/mol. The molecule has 0 atom stereocenters. The Morgan fingerprint density at radius 1 is 1.03 bits per heavy atom. The van der Waals surface area contributed by atoms with Crippen molar-refractivity contribution in [1.82, 2.24) is 10.1 Å². The first-order chi connectivity index (χ1) is 14.6. The molecule has 6 nitrogen and oxygen atoms in total. The number of nitrogens with one attached hydrogen (secondary N) is 1. The van der Waals surface area contributed by atoms with E-state index in [0.717, 1.165) is 5.56 Å². The van der Waals surface area contributed by atoms with Crippen molar-refractivity contribution in [3.05, 3.63) is 84.2 Å². The van der Waals surface area contributed by atoms with Crippen LogP contribution in [0.3, 0.4) is 0 Å². The van der Waals surface area contributed by atoms with E-state index in [9.17, 15) is 9.18 Å². The lowest BCUT2D eigenvalue weighted by Crippen LogP contribution is -2.20. The second kappa shape index (κ2) is 8.57. The summed E-state index contributed by atoms with van der Waals surface area (Å²) in [7, 11) is 0. The van der Waals surface area contributed by atoms with Crippen LogP contribution in [-0.2, 0) is 4.79 Å². The van der Waals surface area contributed by atoms with Gasteiger partial charge in [-0.05, 0) is 48.9 Å². The largest absolute Gasteiger partial charge is 0.483 e. The molecule has 4 rings (SSSR count). The minimum atomic E-state index is -0.454. The van der Waals surface area contributed by atoms with Crippen LogP contribution in [0, 0.1) is 12.7 Å². The fourth-order valence-electron chi connectivity index (χ4n) is 2.92. The molecule has 4 aromatic rings. The summed E-state index contributed by atoms with van der Waals surface area (Å²) in [5, 5.41) is 6.72. The van der Waals surface area contributed by atoms with Gasteiger partial charge >= 0.3 is 0 Å². The molecule has 0 spiro atoms. The van der Waals surface area contributed by atoms with Crippen LogP contribution < -0.4 is 10.1 Å². The number of halogens is 1. The summed E-state index contributed by atoms with van der Waals surface area (Å²) in [6.45, 7) is 1.76. The molecule has 0 fully saturated rings. The highest BCUT2D eigenvalue weighted by Gasteiger charge is 2.17. The summed E-state index contributed by atoms with van der Waals surface area (Å²) in [6.07, 6.45) is 0. The molecule has 0 aliphatic carbocycles. The summed E-state index contributed by atoms with van der Waals surface area (Å²) in [6, 6.07) is 20.6. The summed E-state index contributed by atoms with van der Waals surface area (Å²) >= 11 is 0. The number of nitrogens with zero attached hydrogens (tertiary/aromatic N) is 2. The third-order valence-electron chi connectivity index (χ3n) is 4.32. The van der Waals surface area contributed by atoms with E-state index in [1.54, 1.807) is 42.5 Å². The zero-order valence-electron chi connectivity index (χ0n) is 16.1. The molecule has 30 heavy (non-hydrogen) atoms. The van der Waals surface area contributed by atoms with E-state index < -0.39 is 5.82 Å². The molecule has 0 bridgehead atoms. The van der Waals surface area contributed by atoms with Crippen molar-refractivity contribution in [3.63, 3.8) is 0 Å². The lowest BCUT2D eigenvalue weighted by Gasteiger charge is -2.10. The average Bonchev–Trinajstić information content (AvgIpc) is 3.23. The quantitative estimate of drug-likeness (QED) is 0.497. The molecule has 0 radical (unpaired) electrons. The molecule has 1 amide bonds. The van der Waals surface area contributed by atoms with Gasteiger partial charge in [0.05, 0.1) is 11.1 Å². The third kappa shape index (κ3) is 4.35. The van der Waals surface area contributed by atoms with Gasteiger partial charge in [0, 0.05) is 5.69 Å².